The summed E-state index contributed by atoms with van der Waals surface area (Å²) in [5, 5.41) is 13.4. The molecule has 2 aromatic rings. The average Bonchev–Trinajstić information content (AvgIpc) is 2.74. The molecule has 164 valence electrons. The topological polar surface area (TPSA) is 44.7 Å². The molecule has 2 N–H and O–H groups in total. The number of piperidine rings is 1. The second-order valence-corrected chi connectivity index (χ2v) is 7.77. The molecule has 1 unspecified atom stereocenters. The lowest BCUT2D eigenvalue weighted by atomic mass is 10.1. The molecule has 4 nitrogen and oxygen atoms in total. The van der Waals surface area contributed by atoms with Crippen LogP contribution >= 0.6 is 0 Å². The first-order valence-corrected chi connectivity index (χ1v) is 10.4. The van der Waals surface area contributed by atoms with Gasteiger partial charge in [0.2, 0.25) is 0 Å². The Morgan fingerprint density at radius 3 is 2.03 bits per heavy atom. The highest BCUT2D eigenvalue weighted by molar-refractivity contribution is 5.28. The highest BCUT2D eigenvalue weighted by Gasteiger charge is 2.29. The van der Waals surface area contributed by atoms with Gasteiger partial charge in [0, 0.05) is 19.6 Å². The zero-order chi connectivity index (χ0) is 21.4. The fourth-order valence-corrected chi connectivity index (χ4v) is 3.55. The molecule has 1 atom stereocenters. The van der Waals surface area contributed by atoms with E-state index in [2.05, 4.69) is 10.2 Å². The Labute approximate surface area is 175 Å². The van der Waals surface area contributed by atoms with Gasteiger partial charge in [-0.15, -0.1) is 0 Å². The van der Waals surface area contributed by atoms with Crippen LogP contribution in [-0.2, 0) is 19.3 Å². The summed E-state index contributed by atoms with van der Waals surface area (Å²) >= 11 is 0. The molecule has 0 aliphatic carbocycles. The van der Waals surface area contributed by atoms with Crippen molar-refractivity contribution in [2.24, 2.45) is 0 Å². The van der Waals surface area contributed by atoms with Gasteiger partial charge < -0.3 is 20.1 Å². The van der Waals surface area contributed by atoms with Gasteiger partial charge in [-0.3, -0.25) is 0 Å². The first-order valence-electron chi connectivity index (χ1n) is 10.4. The molecule has 0 radical (unpaired) electrons. The summed E-state index contributed by atoms with van der Waals surface area (Å²) in [7, 11) is 0. The van der Waals surface area contributed by atoms with Crippen molar-refractivity contribution in [1.82, 2.24) is 10.2 Å². The SMILES string of the molecule is OC(COc1ccc(CNCc2ccc(C(F)(F)F)cc2)cc1)CN1CCCCC1. The molecule has 1 aliphatic rings. The number of nitrogens with one attached hydrogen (secondary N) is 1. The minimum absolute atomic E-state index is 0.266. The lowest BCUT2D eigenvalue weighted by Crippen LogP contribution is -2.38. The summed E-state index contributed by atoms with van der Waals surface area (Å²) < 4.78 is 43.5. The van der Waals surface area contributed by atoms with Crippen LogP contribution in [0.3, 0.4) is 0 Å². The van der Waals surface area contributed by atoms with Crippen LogP contribution in [0, 0.1) is 0 Å². The van der Waals surface area contributed by atoms with Gasteiger partial charge in [-0.25, -0.2) is 0 Å². The fourth-order valence-electron chi connectivity index (χ4n) is 3.55. The van der Waals surface area contributed by atoms with Crippen LogP contribution in [0.15, 0.2) is 48.5 Å². The van der Waals surface area contributed by atoms with Gasteiger partial charge in [0.15, 0.2) is 0 Å². The Balaban J connectivity index is 1.37. The number of ether oxygens (including phenoxy) is 1. The number of aliphatic hydroxyl groups is 1. The highest BCUT2D eigenvalue weighted by atomic mass is 19.4. The number of alkyl halides is 3. The van der Waals surface area contributed by atoms with Crippen molar-refractivity contribution in [2.75, 3.05) is 26.2 Å². The third kappa shape index (κ3) is 7.31. The van der Waals surface area contributed by atoms with Crippen LogP contribution in [0.2, 0.25) is 0 Å². The molecule has 1 saturated heterocycles. The zero-order valence-electron chi connectivity index (χ0n) is 17.0. The second-order valence-electron chi connectivity index (χ2n) is 7.77. The normalized spacial score (nSPS) is 16.4. The number of rotatable bonds is 9. The molecular formula is C23H29F3N2O2. The maximum absolute atomic E-state index is 12.6. The number of hydrogen-bond acceptors (Lipinski definition) is 4. The van der Waals surface area contributed by atoms with Crippen molar-refractivity contribution >= 4 is 0 Å². The van der Waals surface area contributed by atoms with Crippen LogP contribution < -0.4 is 10.1 Å². The van der Waals surface area contributed by atoms with Gasteiger partial charge in [0.05, 0.1) is 5.56 Å². The van der Waals surface area contributed by atoms with E-state index in [1.165, 1.54) is 31.4 Å². The molecule has 2 aromatic carbocycles. The number of hydrogen-bond donors (Lipinski definition) is 2. The van der Waals surface area contributed by atoms with Crippen LogP contribution in [0.25, 0.3) is 0 Å². The number of halogens is 3. The fraction of sp³-hybridized carbons (Fsp3) is 0.478. The minimum Gasteiger partial charge on any atom is -0.491 e. The van der Waals surface area contributed by atoms with Crippen molar-refractivity contribution < 1.29 is 23.0 Å². The van der Waals surface area contributed by atoms with E-state index in [0.717, 1.165) is 36.3 Å². The molecule has 0 amide bonds. The lowest BCUT2D eigenvalue weighted by molar-refractivity contribution is -0.137. The number of β-amino-alcohol motifs (C(OH)–C–C–N with tert-alkyl or cyclic N) is 1. The molecule has 30 heavy (non-hydrogen) atoms. The Morgan fingerprint density at radius 1 is 0.900 bits per heavy atom. The summed E-state index contributed by atoms with van der Waals surface area (Å²) in [6, 6.07) is 12.8. The summed E-state index contributed by atoms with van der Waals surface area (Å²) in [5.74, 6) is 0.708. The highest BCUT2D eigenvalue weighted by Crippen LogP contribution is 2.29. The smallest absolute Gasteiger partial charge is 0.416 e. The molecular weight excluding hydrogens is 393 g/mol. The van der Waals surface area contributed by atoms with Gasteiger partial charge >= 0.3 is 6.18 Å². The van der Waals surface area contributed by atoms with Crippen molar-refractivity contribution in [1.29, 1.82) is 0 Å². The van der Waals surface area contributed by atoms with Gasteiger partial charge in [0.25, 0.3) is 0 Å². The van der Waals surface area contributed by atoms with Crippen molar-refractivity contribution in [2.45, 2.75) is 44.6 Å². The first-order chi connectivity index (χ1) is 14.4. The number of nitrogens with zero attached hydrogens (tertiary/aromatic N) is 1. The predicted octanol–water partition coefficient (Wildman–Crippen LogP) is 4.22. The number of benzene rings is 2. The molecule has 0 bridgehead atoms. The molecule has 1 heterocycles. The van der Waals surface area contributed by atoms with E-state index >= 15 is 0 Å². The van der Waals surface area contributed by atoms with Crippen LogP contribution in [0.1, 0.15) is 36.0 Å². The van der Waals surface area contributed by atoms with Gasteiger partial charge in [-0.05, 0) is 61.3 Å². The number of aliphatic hydroxyl groups excluding tert-OH is 1. The quantitative estimate of drug-likeness (QED) is 0.635. The Hall–Kier alpha value is -2.09. The van der Waals surface area contributed by atoms with Gasteiger partial charge in [0.1, 0.15) is 18.5 Å². The predicted molar refractivity (Wildman–Crippen MR) is 110 cm³/mol. The van der Waals surface area contributed by atoms with Crippen molar-refractivity contribution in [3.05, 3.63) is 65.2 Å². The Bertz CT molecular complexity index is 758. The van der Waals surface area contributed by atoms with Crippen LogP contribution in [0.5, 0.6) is 5.75 Å². The molecule has 1 aliphatic heterocycles. The molecule has 7 heteroatoms. The van der Waals surface area contributed by atoms with Crippen LogP contribution in [-0.4, -0.2) is 42.4 Å². The second kappa shape index (κ2) is 10.8. The van der Waals surface area contributed by atoms with E-state index in [4.69, 9.17) is 4.74 Å². The summed E-state index contributed by atoms with van der Waals surface area (Å²) in [4.78, 5) is 2.28. The lowest BCUT2D eigenvalue weighted by Gasteiger charge is -2.28. The monoisotopic (exact) mass is 422 g/mol. The third-order valence-corrected chi connectivity index (χ3v) is 5.22. The molecule has 3 rings (SSSR count). The Morgan fingerprint density at radius 2 is 1.47 bits per heavy atom. The minimum atomic E-state index is -4.31. The van der Waals surface area contributed by atoms with E-state index in [1.54, 1.807) is 0 Å². The van der Waals surface area contributed by atoms with Gasteiger partial charge in [-0.2, -0.15) is 13.2 Å². The van der Waals surface area contributed by atoms with E-state index in [-0.39, 0.29) is 6.61 Å². The third-order valence-electron chi connectivity index (χ3n) is 5.22. The Kier molecular flexibility index (Phi) is 8.13. The van der Waals surface area contributed by atoms with Gasteiger partial charge in [-0.1, -0.05) is 30.7 Å². The standard InChI is InChI=1S/C23H29F3N2O2/c24-23(25,26)20-8-4-18(5-9-20)14-27-15-19-6-10-22(11-7-19)30-17-21(29)16-28-12-2-1-3-13-28/h4-11,21,27,29H,1-3,12-17H2. The maximum atomic E-state index is 12.6. The molecule has 0 spiro atoms. The maximum Gasteiger partial charge on any atom is 0.416 e. The number of likely N-dealkylation sites (tertiary alicyclic amines) is 1. The average molecular weight is 422 g/mol. The van der Waals surface area contributed by atoms with E-state index in [1.807, 2.05) is 24.3 Å². The largest absolute Gasteiger partial charge is 0.491 e. The molecule has 0 saturated carbocycles. The van der Waals surface area contributed by atoms with Crippen LogP contribution in [0.4, 0.5) is 13.2 Å². The zero-order valence-corrected chi connectivity index (χ0v) is 17.0. The molecule has 0 aromatic heterocycles. The van der Waals surface area contributed by atoms with Crippen molar-refractivity contribution in [3.63, 3.8) is 0 Å². The summed E-state index contributed by atoms with van der Waals surface area (Å²) in [6.07, 6.45) is -1.15. The van der Waals surface area contributed by atoms with Crippen molar-refractivity contribution in [3.8, 4) is 5.75 Å². The first kappa shape index (κ1) is 22.6. The van der Waals surface area contributed by atoms with E-state index in [0.29, 0.717) is 25.4 Å². The van der Waals surface area contributed by atoms with E-state index in [9.17, 15) is 18.3 Å². The molecule has 1 fully saturated rings. The van der Waals surface area contributed by atoms with E-state index < -0.39 is 17.8 Å². The summed E-state index contributed by atoms with van der Waals surface area (Å²) in [5.41, 5.74) is 1.21. The summed E-state index contributed by atoms with van der Waals surface area (Å²) in [6.45, 7) is 4.09.